The standard InChI is InChI=1S/C17H20FN5O2/c1-9(2)25-17(24)16-15-7-13(10(3)19)23(20)14-6-11(18)4-5-12(14)22(15)8-21-16/h4-6,8-9H,7,19-20H2,1-3H3/b13-10-. The monoisotopic (exact) mass is 345 g/mol. The summed E-state index contributed by atoms with van der Waals surface area (Å²) in [5, 5.41) is 1.35. The van der Waals surface area contributed by atoms with Gasteiger partial charge in [0.1, 0.15) is 12.1 Å². The lowest BCUT2D eigenvalue weighted by Gasteiger charge is -2.22. The molecular formula is C17H20FN5O2. The van der Waals surface area contributed by atoms with E-state index in [4.69, 9.17) is 16.3 Å². The molecule has 1 aromatic heterocycles. The van der Waals surface area contributed by atoms with Crippen molar-refractivity contribution >= 4 is 11.7 Å². The van der Waals surface area contributed by atoms with Gasteiger partial charge in [0.15, 0.2) is 5.69 Å². The zero-order valence-corrected chi connectivity index (χ0v) is 14.3. The summed E-state index contributed by atoms with van der Waals surface area (Å²) in [5.74, 6) is 5.24. The average Bonchev–Trinajstić information content (AvgIpc) is 2.89. The molecule has 0 aliphatic carbocycles. The molecule has 7 nitrogen and oxygen atoms in total. The van der Waals surface area contributed by atoms with Gasteiger partial charge in [-0.1, -0.05) is 0 Å². The number of imidazole rings is 1. The quantitative estimate of drug-likeness (QED) is 0.638. The molecule has 0 radical (unpaired) electrons. The number of esters is 1. The maximum atomic E-state index is 13.8. The van der Waals surface area contributed by atoms with Crippen LogP contribution in [0.1, 0.15) is 37.0 Å². The number of aromatic nitrogens is 2. The van der Waals surface area contributed by atoms with Gasteiger partial charge in [-0.05, 0) is 32.9 Å². The first-order chi connectivity index (χ1) is 11.8. The Labute approximate surface area is 144 Å². The molecule has 0 bridgehead atoms. The molecule has 0 saturated carbocycles. The molecule has 0 atom stereocenters. The van der Waals surface area contributed by atoms with Gasteiger partial charge in [-0.3, -0.25) is 9.58 Å². The summed E-state index contributed by atoms with van der Waals surface area (Å²) < 4.78 is 20.7. The fraction of sp³-hybridized carbons (Fsp3) is 0.294. The first kappa shape index (κ1) is 17.0. The van der Waals surface area contributed by atoms with Crippen LogP contribution in [0.5, 0.6) is 0 Å². The third-order valence-electron chi connectivity index (χ3n) is 3.94. The molecule has 2 aromatic rings. The molecule has 0 fully saturated rings. The molecule has 25 heavy (non-hydrogen) atoms. The van der Waals surface area contributed by atoms with Crippen molar-refractivity contribution in [2.45, 2.75) is 33.3 Å². The molecule has 0 unspecified atom stereocenters. The van der Waals surface area contributed by atoms with Crippen molar-refractivity contribution in [2.24, 2.45) is 11.6 Å². The number of nitrogens with two attached hydrogens (primary N) is 2. The van der Waals surface area contributed by atoms with Crippen molar-refractivity contribution in [1.29, 1.82) is 0 Å². The first-order valence-corrected chi connectivity index (χ1v) is 7.86. The number of fused-ring (bicyclic) bond motifs is 3. The van der Waals surface area contributed by atoms with Gasteiger partial charge >= 0.3 is 5.97 Å². The Kier molecular flexibility index (Phi) is 4.22. The number of hydrogen-bond acceptors (Lipinski definition) is 6. The van der Waals surface area contributed by atoms with Gasteiger partial charge in [-0.2, -0.15) is 0 Å². The van der Waals surface area contributed by atoms with Crippen molar-refractivity contribution in [2.75, 3.05) is 5.01 Å². The van der Waals surface area contributed by atoms with Crippen molar-refractivity contribution in [3.05, 3.63) is 53.1 Å². The summed E-state index contributed by atoms with van der Waals surface area (Å²) in [6.45, 7) is 5.23. The summed E-state index contributed by atoms with van der Waals surface area (Å²) in [6.07, 6.45) is 1.50. The molecule has 132 valence electrons. The normalized spacial score (nSPS) is 15.5. The van der Waals surface area contributed by atoms with Crippen molar-refractivity contribution in [1.82, 2.24) is 9.55 Å². The fourth-order valence-corrected chi connectivity index (χ4v) is 2.80. The lowest BCUT2D eigenvalue weighted by molar-refractivity contribution is 0.0370. The van der Waals surface area contributed by atoms with Crippen LogP contribution in [0.2, 0.25) is 0 Å². The molecular weight excluding hydrogens is 325 g/mol. The number of benzene rings is 1. The van der Waals surface area contributed by atoms with Gasteiger partial charge in [-0.15, -0.1) is 0 Å². The van der Waals surface area contributed by atoms with E-state index in [2.05, 4.69) is 4.98 Å². The zero-order chi connectivity index (χ0) is 18.3. The Bertz CT molecular complexity index is 868. The van der Waals surface area contributed by atoms with E-state index in [1.54, 1.807) is 31.4 Å². The molecule has 3 rings (SSSR count). The van der Waals surface area contributed by atoms with E-state index in [-0.39, 0.29) is 18.2 Å². The first-order valence-electron chi connectivity index (χ1n) is 7.86. The molecule has 1 aliphatic rings. The van der Waals surface area contributed by atoms with Crippen LogP contribution in [0.15, 0.2) is 35.9 Å². The Hall–Kier alpha value is -2.87. The zero-order valence-electron chi connectivity index (χ0n) is 14.3. The van der Waals surface area contributed by atoms with Crippen LogP contribution < -0.4 is 16.6 Å². The molecule has 8 heteroatoms. The topological polar surface area (TPSA) is 99.4 Å². The van der Waals surface area contributed by atoms with E-state index in [0.29, 0.717) is 28.5 Å². The molecule has 0 saturated heterocycles. The lowest BCUT2D eigenvalue weighted by Crippen LogP contribution is -2.33. The summed E-state index contributed by atoms with van der Waals surface area (Å²) in [6, 6.07) is 4.23. The number of nitrogens with zero attached hydrogens (tertiary/aromatic N) is 3. The molecule has 1 aliphatic heterocycles. The van der Waals surface area contributed by atoms with Crippen LogP contribution in [0.4, 0.5) is 10.1 Å². The second kappa shape index (κ2) is 6.21. The fourth-order valence-electron chi connectivity index (χ4n) is 2.80. The highest BCUT2D eigenvalue weighted by Gasteiger charge is 2.29. The van der Waals surface area contributed by atoms with Crippen LogP contribution >= 0.6 is 0 Å². The van der Waals surface area contributed by atoms with E-state index >= 15 is 0 Å². The summed E-state index contributed by atoms with van der Waals surface area (Å²) in [7, 11) is 0. The van der Waals surface area contributed by atoms with Gasteiger partial charge < -0.3 is 10.5 Å². The lowest BCUT2D eigenvalue weighted by atomic mass is 10.1. The third-order valence-corrected chi connectivity index (χ3v) is 3.94. The Morgan fingerprint density at radius 1 is 1.36 bits per heavy atom. The van der Waals surface area contributed by atoms with Crippen molar-refractivity contribution in [3.8, 4) is 5.69 Å². The van der Waals surface area contributed by atoms with Gasteiger partial charge in [-0.25, -0.2) is 20.0 Å². The van der Waals surface area contributed by atoms with E-state index in [1.165, 1.54) is 23.5 Å². The highest BCUT2D eigenvalue weighted by molar-refractivity contribution is 5.89. The maximum absolute atomic E-state index is 13.8. The minimum absolute atomic E-state index is 0.193. The maximum Gasteiger partial charge on any atom is 0.359 e. The summed E-state index contributed by atoms with van der Waals surface area (Å²) in [4.78, 5) is 16.6. The average molecular weight is 345 g/mol. The number of ether oxygens (including phenoxy) is 1. The Morgan fingerprint density at radius 2 is 2.08 bits per heavy atom. The van der Waals surface area contributed by atoms with Crippen LogP contribution in [0.25, 0.3) is 5.69 Å². The van der Waals surface area contributed by atoms with Gasteiger partial charge in [0.05, 0.1) is 28.9 Å². The molecule has 4 N–H and O–H groups in total. The van der Waals surface area contributed by atoms with Crippen molar-refractivity contribution in [3.63, 3.8) is 0 Å². The van der Waals surface area contributed by atoms with E-state index in [1.807, 2.05) is 0 Å². The number of hydrogen-bond donors (Lipinski definition) is 2. The predicted molar refractivity (Wildman–Crippen MR) is 91.3 cm³/mol. The summed E-state index contributed by atoms with van der Waals surface area (Å²) in [5.41, 5.74) is 8.82. The van der Waals surface area contributed by atoms with Gasteiger partial charge in [0.2, 0.25) is 0 Å². The van der Waals surface area contributed by atoms with Crippen LogP contribution in [-0.2, 0) is 11.2 Å². The Morgan fingerprint density at radius 3 is 2.72 bits per heavy atom. The molecule has 2 heterocycles. The van der Waals surface area contributed by atoms with Crippen LogP contribution in [-0.4, -0.2) is 21.6 Å². The third kappa shape index (κ3) is 2.96. The molecule has 0 amide bonds. The number of carbonyl (C=O) groups excluding carboxylic acids is 1. The van der Waals surface area contributed by atoms with Gasteiger partial charge in [0, 0.05) is 18.2 Å². The van der Waals surface area contributed by atoms with E-state index < -0.39 is 11.8 Å². The number of rotatable bonds is 2. The number of carbonyl (C=O) groups is 1. The number of allylic oxidation sites excluding steroid dienone is 2. The predicted octanol–water partition coefficient (Wildman–Crippen LogP) is 2.00. The van der Waals surface area contributed by atoms with Crippen LogP contribution in [0, 0.1) is 5.82 Å². The van der Waals surface area contributed by atoms with Crippen molar-refractivity contribution < 1.29 is 13.9 Å². The number of halogens is 1. The molecule has 0 spiro atoms. The smallest absolute Gasteiger partial charge is 0.359 e. The minimum atomic E-state index is -0.521. The largest absolute Gasteiger partial charge is 0.458 e. The molecule has 1 aromatic carbocycles. The van der Waals surface area contributed by atoms with Gasteiger partial charge in [0.25, 0.3) is 0 Å². The van der Waals surface area contributed by atoms with E-state index in [0.717, 1.165) is 0 Å². The van der Waals surface area contributed by atoms with Crippen LogP contribution in [0.3, 0.4) is 0 Å². The highest BCUT2D eigenvalue weighted by atomic mass is 19.1. The second-order valence-electron chi connectivity index (χ2n) is 6.17. The number of anilines is 1. The minimum Gasteiger partial charge on any atom is -0.458 e. The SMILES string of the molecule is C/C(N)=C1\Cc2c(C(=O)OC(C)C)ncn2-c2ccc(F)cc2N1N. The number of hydrazine groups is 1. The Balaban J connectivity index is 2.23. The highest BCUT2D eigenvalue weighted by Crippen LogP contribution is 2.34. The second-order valence-corrected chi connectivity index (χ2v) is 6.17. The van der Waals surface area contributed by atoms with E-state index in [9.17, 15) is 9.18 Å². The summed E-state index contributed by atoms with van der Waals surface area (Å²) >= 11 is 0.